The molecular formula is C18H19NO6S. The summed E-state index contributed by atoms with van der Waals surface area (Å²) in [6.07, 6.45) is -1.06. The molecule has 0 amide bonds. The Kier molecular flexibility index (Phi) is 5.79. The van der Waals surface area contributed by atoms with Gasteiger partial charge in [-0.15, -0.1) is 0 Å². The zero-order valence-electron chi connectivity index (χ0n) is 14.6. The summed E-state index contributed by atoms with van der Waals surface area (Å²) in [5.41, 5.74) is 1.26. The Hall–Kier alpha value is -2.71. The van der Waals surface area contributed by atoms with E-state index in [-0.39, 0.29) is 22.0 Å². The number of aryl methyl sites for hydroxylation is 1. The van der Waals surface area contributed by atoms with Gasteiger partial charge < -0.3 is 9.47 Å². The first kappa shape index (κ1) is 19.6. The molecule has 2 aromatic carbocycles. The summed E-state index contributed by atoms with van der Waals surface area (Å²) in [5.74, 6) is -1.15. The summed E-state index contributed by atoms with van der Waals surface area (Å²) in [6, 6.07) is 10.4. The molecule has 7 nitrogen and oxygen atoms in total. The van der Waals surface area contributed by atoms with Crippen molar-refractivity contribution in [3.63, 3.8) is 0 Å². The van der Waals surface area contributed by atoms with Gasteiger partial charge in [0.05, 0.1) is 12.0 Å². The number of carbonyl (C=O) groups is 2. The number of hydrogen-bond donors (Lipinski definition) is 1. The lowest BCUT2D eigenvalue weighted by molar-refractivity contribution is 0.0315. The largest absolute Gasteiger partial charge is 0.496 e. The first-order valence-electron chi connectivity index (χ1n) is 7.66. The van der Waals surface area contributed by atoms with E-state index in [0.717, 1.165) is 11.6 Å². The Labute approximate surface area is 151 Å². The number of carbonyl (C=O) groups excluding carboxylic acids is 2. The molecule has 0 unspecified atom stereocenters. The molecule has 26 heavy (non-hydrogen) atoms. The summed E-state index contributed by atoms with van der Waals surface area (Å²) in [4.78, 5) is 24.5. The Bertz CT molecular complexity index is 935. The van der Waals surface area contributed by atoms with Crippen LogP contribution in [-0.4, -0.2) is 33.4 Å². The number of ether oxygens (including phenoxy) is 2. The van der Waals surface area contributed by atoms with Crippen LogP contribution < -0.4 is 9.88 Å². The molecule has 1 atom stereocenters. The lowest BCUT2D eigenvalue weighted by Gasteiger charge is -2.14. The fourth-order valence-corrected chi connectivity index (χ4v) is 2.79. The number of hydrogen-bond acceptors (Lipinski definition) is 6. The van der Waals surface area contributed by atoms with Gasteiger partial charge in [-0.1, -0.05) is 29.8 Å². The second-order valence-corrected chi connectivity index (χ2v) is 7.25. The average Bonchev–Trinajstić information content (AvgIpc) is 2.60. The molecule has 138 valence electrons. The minimum Gasteiger partial charge on any atom is -0.496 e. The molecule has 2 rings (SSSR count). The van der Waals surface area contributed by atoms with Crippen molar-refractivity contribution in [3.05, 3.63) is 59.2 Å². The third-order valence-electron chi connectivity index (χ3n) is 3.71. The van der Waals surface area contributed by atoms with E-state index in [1.54, 1.807) is 24.3 Å². The van der Waals surface area contributed by atoms with E-state index in [2.05, 4.69) is 0 Å². The number of esters is 1. The van der Waals surface area contributed by atoms with E-state index in [4.69, 9.17) is 14.6 Å². The van der Waals surface area contributed by atoms with Crippen molar-refractivity contribution in [2.45, 2.75) is 24.8 Å². The molecule has 2 N–H and O–H groups in total. The molecule has 0 aliphatic rings. The molecule has 0 heterocycles. The molecule has 0 saturated carbocycles. The highest BCUT2D eigenvalue weighted by Gasteiger charge is 2.24. The summed E-state index contributed by atoms with van der Waals surface area (Å²) in [5, 5.41) is 5.08. The van der Waals surface area contributed by atoms with Crippen molar-refractivity contribution in [1.82, 2.24) is 0 Å². The molecule has 0 bridgehead atoms. The van der Waals surface area contributed by atoms with Gasteiger partial charge in [0.1, 0.15) is 11.3 Å². The van der Waals surface area contributed by atoms with Crippen LogP contribution in [-0.2, 0) is 14.8 Å². The highest BCUT2D eigenvalue weighted by molar-refractivity contribution is 7.89. The SMILES string of the molecule is COc1ccc(S(N)(=O)=O)cc1C(=O)O[C@H](C)C(=O)c1ccc(C)cc1. The minimum absolute atomic E-state index is 0.109. The maximum Gasteiger partial charge on any atom is 0.342 e. The molecule has 0 spiro atoms. The van der Waals surface area contributed by atoms with E-state index in [1.165, 1.54) is 26.2 Å². The average molecular weight is 377 g/mol. The number of primary sulfonamides is 1. The predicted molar refractivity (Wildman–Crippen MR) is 94.8 cm³/mol. The highest BCUT2D eigenvalue weighted by Crippen LogP contribution is 2.23. The second kappa shape index (κ2) is 7.67. The van der Waals surface area contributed by atoms with Crippen LogP contribution in [0, 0.1) is 6.92 Å². The van der Waals surface area contributed by atoms with Gasteiger partial charge in [0.2, 0.25) is 15.8 Å². The molecule has 2 aromatic rings. The van der Waals surface area contributed by atoms with E-state index in [0.29, 0.717) is 5.56 Å². The monoisotopic (exact) mass is 377 g/mol. The zero-order valence-corrected chi connectivity index (χ0v) is 15.4. The molecule has 0 radical (unpaired) electrons. The third kappa shape index (κ3) is 4.47. The van der Waals surface area contributed by atoms with Gasteiger partial charge in [-0.3, -0.25) is 4.79 Å². The molecule has 8 heteroatoms. The van der Waals surface area contributed by atoms with Crippen LogP contribution in [0.25, 0.3) is 0 Å². The van der Waals surface area contributed by atoms with E-state index < -0.39 is 22.1 Å². The van der Waals surface area contributed by atoms with Gasteiger partial charge in [-0.2, -0.15) is 0 Å². The maximum atomic E-state index is 12.4. The molecule has 0 aromatic heterocycles. The summed E-state index contributed by atoms with van der Waals surface area (Å²) in [7, 11) is -2.68. The zero-order chi connectivity index (χ0) is 19.5. The number of methoxy groups -OCH3 is 1. The van der Waals surface area contributed by atoms with Crippen LogP contribution >= 0.6 is 0 Å². The van der Waals surface area contributed by atoms with Gasteiger partial charge in [0.15, 0.2) is 6.10 Å². The topological polar surface area (TPSA) is 113 Å². The van der Waals surface area contributed by atoms with Crippen LogP contribution in [0.1, 0.15) is 33.2 Å². The van der Waals surface area contributed by atoms with E-state index >= 15 is 0 Å². The number of ketones is 1. The molecule has 0 aliphatic heterocycles. The maximum absolute atomic E-state index is 12.4. The summed E-state index contributed by atoms with van der Waals surface area (Å²) >= 11 is 0. The van der Waals surface area contributed by atoms with Crippen LogP contribution in [0.4, 0.5) is 0 Å². The molecule has 0 fully saturated rings. The molecule has 0 aliphatic carbocycles. The smallest absolute Gasteiger partial charge is 0.342 e. The van der Waals surface area contributed by atoms with Gasteiger partial charge in [-0.25, -0.2) is 18.4 Å². The quantitative estimate of drug-likeness (QED) is 0.609. The van der Waals surface area contributed by atoms with Gasteiger partial charge >= 0.3 is 5.97 Å². The number of rotatable bonds is 6. The minimum atomic E-state index is -4.01. The summed E-state index contributed by atoms with van der Waals surface area (Å²) < 4.78 is 33.2. The predicted octanol–water partition coefficient (Wildman–Crippen LogP) is 2.08. The van der Waals surface area contributed by atoms with Crippen molar-refractivity contribution in [2.24, 2.45) is 5.14 Å². The number of Topliss-reactive ketones (excluding diaryl/α,β-unsaturated/α-hetero) is 1. The number of benzene rings is 2. The van der Waals surface area contributed by atoms with Gasteiger partial charge in [0, 0.05) is 5.56 Å². The Balaban J connectivity index is 2.25. The van der Waals surface area contributed by atoms with Crippen molar-refractivity contribution < 1.29 is 27.5 Å². The first-order valence-corrected chi connectivity index (χ1v) is 9.21. The molecular weight excluding hydrogens is 358 g/mol. The van der Waals surface area contributed by atoms with Crippen molar-refractivity contribution >= 4 is 21.8 Å². The van der Waals surface area contributed by atoms with Crippen molar-refractivity contribution in [3.8, 4) is 5.75 Å². The highest BCUT2D eigenvalue weighted by atomic mass is 32.2. The lowest BCUT2D eigenvalue weighted by Crippen LogP contribution is -2.25. The first-order chi connectivity index (χ1) is 12.1. The van der Waals surface area contributed by atoms with E-state index in [9.17, 15) is 18.0 Å². The fraction of sp³-hybridized carbons (Fsp3) is 0.222. The fourth-order valence-electron chi connectivity index (χ4n) is 2.25. The van der Waals surface area contributed by atoms with Crippen molar-refractivity contribution in [1.29, 1.82) is 0 Å². The molecule has 0 saturated heterocycles. The van der Waals surface area contributed by atoms with Gasteiger partial charge in [-0.05, 0) is 32.0 Å². The van der Waals surface area contributed by atoms with Gasteiger partial charge in [0.25, 0.3) is 0 Å². The van der Waals surface area contributed by atoms with Crippen LogP contribution in [0.5, 0.6) is 5.75 Å². The Morgan fingerprint density at radius 1 is 1.08 bits per heavy atom. The van der Waals surface area contributed by atoms with Crippen LogP contribution in [0.15, 0.2) is 47.4 Å². The van der Waals surface area contributed by atoms with Crippen molar-refractivity contribution in [2.75, 3.05) is 7.11 Å². The Morgan fingerprint density at radius 3 is 2.23 bits per heavy atom. The van der Waals surface area contributed by atoms with Crippen LogP contribution in [0.3, 0.4) is 0 Å². The van der Waals surface area contributed by atoms with E-state index in [1.807, 2.05) is 6.92 Å². The second-order valence-electron chi connectivity index (χ2n) is 5.68. The number of sulfonamides is 1. The van der Waals surface area contributed by atoms with Crippen LogP contribution in [0.2, 0.25) is 0 Å². The summed E-state index contributed by atoms with van der Waals surface area (Å²) in [6.45, 7) is 3.33. The Morgan fingerprint density at radius 2 is 1.69 bits per heavy atom. The standard InChI is InChI=1S/C18H19NO6S/c1-11-4-6-13(7-5-11)17(20)12(2)25-18(21)15-10-14(26(19,22)23)8-9-16(15)24-3/h4-10,12H,1-3H3,(H2,19,22,23)/t12-/m1/s1. The number of nitrogens with two attached hydrogens (primary N) is 1. The lowest BCUT2D eigenvalue weighted by atomic mass is 10.1. The normalized spacial score (nSPS) is 12.3. The third-order valence-corrected chi connectivity index (χ3v) is 4.62.